The molecule has 2 rings (SSSR count). The molecule has 1 aromatic heterocycles. The Morgan fingerprint density at radius 1 is 0.786 bits per heavy atom. The molecule has 0 N–H and O–H groups in total. The minimum absolute atomic E-state index is 1.06. The van der Waals surface area contributed by atoms with Crippen LogP contribution in [0, 0.1) is 0 Å². The first-order chi connectivity index (χ1) is 6.95. The third kappa shape index (κ3) is 2.26. The zero-order valence-corrected chi connectivity index (χ0v) is 7.67. The van der Waals surface area contributed by atoms with Crippen molar-refractivity contribution in [2.24, 2.45) is 0 Å². The molecular formula is C12H10N2. The van der Waals surface area contributed by atoms with Gasteiger partial charge in [-0.05, 0) is 17.2 Å². The number of hydrogen-bond acceptors (Lipinski definition) is 2. The van der Waals surface area contributed by atoms with Gasteiger partial charge in [-0.15, -0.1) is 0 Å². The molecule has 0 aliphatic heterocycles. The highest BCUT2D eigenvalue weighted by molar-refractivity contribution is 5.68. The van der Waals surface area contributed by atoms with Crippen LogP contribution in [0.3, 0.4) is 0 Å². The summed E-state index contributed by atoms with van der Waals surface area (Å²) in [6.07, 6.45) is 7.49. The van der Waals surface area contributed by atoms with Gasteiger partial charge in [0.05, 0.1) is 12.4 Å². The fourth-order valence-corrected chi connectivity index (χ4v) is 1.16. The monoisotopic (exact) mass is 182 g/mol. The van der Waals surface area contributed by atoms with E-state index in [2.05, 4.69) is 28.4 Å². The highest BCUT2D eigenvalue weighted by Gasteiger charge is 1.85. The molecule has 0 fully saturated rings. The third-order valence-electron chi connectivity index (χ3n) is 1.87. The largest absolute Gasteiger partial charge is 0.159 e. The van der Waals surface area contributed by atoms with Gasteiger partial charge in [0.15, 0.2) is 0 Å². The van der Waals surface area contributed by atoms with Crippen LogP contribution < -0.4 is 0 Å². The Morgan fingerprint density at radius 3 is 2.29 bits per heavy atom. The highest BCUT2D eigenvalue weighted by Crippen LogP contribution is 2.05. The molecule has 0 unspecified atom stereocenters. The molecule has 0 radical (unpaired) electrons. The van der Waals surface area contributed by atoms with Gasteiger partial charge in [0.2, 0.25) is 0 Å². The van der Waals surface area contributed by atoms with Crippen LogP contribution in [0.25, 0.3) is 12.2 Å². The molecule has 0 spiro atoms. The summed E-state index contributed by atoms with van der Waals surface area (Å²) in [4.78, 5) is 0. The Hall–Kier alpha value is -1.96. The Morgan fingerprint density at radius 2 is 1.57 bits per heavy atom. The molecule has 0 aliphatic rings. The SMILES string of the molecule is C(=C\c1ccnnc1)/c1ccccc1. The molecule has 2 aromatic rings. The van der Waals surface area contributed by atoms with E-state index in [-0.39, 0.29) is 0 Å². The number of rotatable bonds is 2. The fraction of sp³-hybridized carbons (Fsp3) is 0. The molecule has 2 heteroatoms. The zero-order chi connectivity index (χ0) is 9.64. The minimum Gasteiger partial charge on any atom is -0.159 e. The van der Waals surface area contributed by atoms with Gasteiger partial charge in [0.25, 0.3) is 0 Å². The summed E-state index contributed by atoms with van der Waals surface area (Å²) in [5.74, 6) is 0. The van der Waals surface area contributed by atoms with Crippen molar-refractivity contribution < 1.29 is 0 Å². The summed E-state index contributed by atoms with van der Waals surface area (Å²) >= 11 is 0. The van der Waals surface area contributed by atoms with Crippen LogP contribution in [0.4, 0.5) is 0 Å². The summed E-state index contributed by atoms with van der Waals surface area (Å²) in [5.41, 5.74) is 2.24. The Labute approximate surface area is 82.9 Å². The van der Waals surface area contributed by atoms with E-state index in [0.29, 0.717) is 0 Å². The molecule has 14 heavy (non-hydrogen) atoms. The molecule has 0 bridgehead atoms. The standard InChI is InChI=1S/C12H10N2/c1-2-4-11(5-3-1)6-7-12-8-9-13-14-10-12/h1-10H/b7-6+. The van der Waals surface area contributed by atoms with E-state index in [1.807, 2.05) is 30.3 Å². The second kappa shape index (κ2) is 4.33. The molecule has 0 aliphatic carbocycles. The van der Waals surface area contributed by atoms with Crippen LogP contribution in [-0.4, -0.2) is 10.2 Å². The summed E-state index contributed by atoms with van der Waals surface area (Å²) < 4.78 is 0. The van der Waals surface area contributed by atoms with Crippen LogP contribution in [0.2, 0.25) is 0 Å². The zero-order valence-electron chi connectivity index (χ0n) is 7.67. The lowest BCUT2D eigenvalue weighted by atomic mass is 10.2. The predicted octanol–water partition coefficient (Wildman–Crippen LogP) is 2.65. The van der Waals surface area contributed by atoms with Gasteiger partial charge in [0, 0.05) is 0 Å². The van der Waals surface area contributed by atoms with Crippen LogP contribution >= 0.6 is 0 Å². The van der Waals surface area contributed by atoms with Crippen molar-refractivity contribution in [3.63, 3.8) is 0 Å². The van der Waals surface area contributed by atoms with Crippen molar-refractivity contribution in [2.45, 2.75) is 0 Å². The van der Waals surface area contributed by atoms with Crippen LogP contribution in [-0.2, 0) is 0 Å². The topological polar surface area (TPSA) is 25.8 Å². The third-order valence-corrected chi connectivity index (χ3v) is 1.87. The van der Waals surface area contributed by atoms with Gasteiger partial charge < -0.3 is 0 Å². The van der Waals surface area contributed by atoms with Gasteiger partial charge in [-0.3, -0.25) is 0 Å². The summed E-state index contributed by atoms with van der Waals surface area (Å²) in [7, 11) is 0. The molecule has 0 atom stereocenters. The lowest BCUT2D eigenvalue weighted by Crippen LogP contribution is -1.78. The number of nitrogens with zero attached hydrogens (tertiary/aromatic N) is 2. The van der Waals surface area contributed by atoms with Crippen molar-refractivity contribution >= 4 is 12.2 Å². The van der Waals surface area contributed by atoms with Crippen LogP contribution in [0.1, 0.15) is 11.1 Å². The lowest BCUT2D eigenvalue weighted by Gasteiger charge is -1.91. The van der Waals surface area contributed by atoms with E-state index in [1.165, 1.54) is 5.56 Å². The van der Waals surface area contributed by atoms with Crippen molar-refractivity contribution in [3.05, 3.63) is 59.9 Å². The van der Waals surface area contributed by atoms with Gasteiger partial charge in [-0.2, -0.15) is 10.2 Å². The molecule has 0 amide bonds. The maximum Gasteiger partial charge on any atom is 0.0568 e. The van der Waals surface area contributed by atoms with E-state index in [9.17, 15) is 0 Å². The number of hydrogen-bond donors (Lipinski definition) is 0. The van der Waals surface area contributed by atoms with Crippen LogP contribution in [0.5, 0.6) is 0 Å². The lowest BCUT2D eigenvalue weighted by molar-refractivity contribution is 1.03. The Bertz CT molecular complexity index is 365. The average Bonchev–Trinajstić information content (AvgIpc) is 2.29. The van der Waals surface area contributed by atoms with E-state index in [0.717, 1.165) is 5.56 Å². The summed E-state index contributed by atoms with van der Waals surface area (Å²) in [6.45, 7) is 0. The second-order valence-corrected chi connectivity index (χ2v) is 2.92. The molecule has 68 valence electrons. The van der Waals surface area contributed by atoms with Gasteiger partial charge >= 0.3 is 0 Å². The van der Waals surface area contributed by atoms with Crippen molar-refractivity contribution in [1.29, 1.82) is 0 Å². The van der Waals surface area contributed by atoms with Crippen molar-refractivity contribution in [1.82, 2.24) is 10.2 Å². The first-order valence-corrected chi connectivity index (χ1v) is 4.45. The minimum atomic E-state index is 1.06. The first-order valence-electron chi connectivity index (χ1n) is 4.45. The van der Waals surface area contributed by atoms with E-state index < -0.39 is 0 Å². The Kier molecular flexibility index (Phi) is 2.67. The molecule has 1 aromatic carbocycles. The van der Waals surface area contributed by atoms with Crippen LogP contribution in [0.15, 0.2) is 48.8 Å². The van der Waals surface area contributed by atoms with E-state index >= 15 is 0 Å². The maximum atomic E-state index is 3.80. The quantitative estimate of drug-likeness (QED) is 0.713. The van der Waals surface area contributed by atoms with E-state index in [4.69, 9.17) is 0 Å². The fourth-order valence-electron chi connectivity index (χ4n) is 1.16. The summed E-state index contributed by atoms with van der Waals surface area (Å²) in [6, 6.07) is 12.1. The second-order valence-electron chi connectivity index (χ2n) is 2.92. The van der Waals surface area contributed by atoms with E-state index in [1.54, 1.807) is 12.4 Å². The highest BCUT2D eigenvalue weighted by atomic mass is 15.1. The first kappa shape index (κ1) is 8.63. The van der Waals surface area contributed by atoms with Gasteiger partial charge in [0.1, 0.15) is 0 Å². The van der Waals surface area contributed by atoms with Crippen molar-refractivity contribution in [3.8, 4) is 0 Å². The summed E-state index contributed by atoms with van der Waals surface area (Å²) in [5, 5.41) is 7.51. The molecule has 1 heterocycles. The predicted molar refractivity (Wildman–Crippen MR) is 57.4 cm³/mol. The normalized spacial score (nSPS) is 10.6. The molecule has 0 saturated carbocycles. The van der Waals surface area contributed by atoms with Gasteiger partial charge in [-0.25, -0.2) is 0 Å². The van der Waals surface area contributed by atoms with Gasteiger partial charge in [-0.1, -0.05) is 42.5 Å². The molecule has 0 saturated heterocycles. The average molecular weight is 182 g/mol. The smallest absolute Gasteiger partial charge is 0.0568 e. The maximum absolute atomic E-state index is 3.80. The number of benzene rings is 1. The molecular weight excluding hydrogens is 172 g/mol. The molecule has 2 nitrogen and oxygen atoms in total. The Balaban J connectivity index is 2.16. The number of aromatic nitrogens is 2. The van der Waals surface area contributed by atoms with Crippen molar-refractivity contribution in [2.75, 3.05) is 0 Å².